The van der Waals surface area contributed by atoms with Gasteiger partial charge in [0.1, 0.15) is 5.82 Å². The zero-order valence-corrected chi connectivity index (χ0v) is 11.0. The number of aromatic nitrogens is 3. The normalized spacial score (nSPS) is 12.3. The molecule has 0 amide bonds. The van der Waals surface area contributed by atoms with Gasteiger partial charge in [-0.05, 0) is 24.6 Å². The number of carboxylic acids is 1. The number of rotatable bonds is 6. The summed E-state index contributed by atoms with van der Waals surface area (Å²) in [6.45, 7) is 3.07. The molecule has 0 aliphatic rings. The molecule has 1 atom stereocenters. The summed E-state index contributed by atoms with van der Waals surface area (Å²) in [5.41, 5.74) is 0.910. The van der Waals surface area contributed by atoms with Crippen LogP contribution in [0.3, 0.4) is 0 Å². The topological polar surface area (TPSA) is 80.0 Å². The number of halogens is 1. The fourth-order valence-corrected chi connectivity index (χ4v) is 1.77. The van der Waals surface area contributed by atoms with Crippen molar-refractivity contribution < 1.29 is 14.3 Å². The third kappa shape index (κ3) is 3.61. The monoisotopic (exact) mass is 278 g/mol. The highest BCUT2D eigenvalue weighted by Gasteiger charge is 2.08. The maximum Gasteiger partial charge on any atom is 0.358 e. The highest BCUT2D eigenvalue weighted by molar-refractivity contribution is 5.84. The summed E-state index contributed by atoms with van der Waals surface area (Å²) in [5.74, 6) is -1.35. The molecule has 20 heavy (non-hydrogen) atoms. The molecule has 1 unspecified atom stereocenters. The van der Waals surface area contributed by atoms with Gasteiger partial charge >= 0.3 is 5.97 Å². The Labute approximate surface area is 115 Å². The molecule has 106 valence electrons. The molecule has 0 saturated carbocycles. The molecule has 0 aliphatic heterocycles. The molecular weight excluding hydrogens is 263 g/mol. The standard InChI is InChI=1S/C13H15FN4O2/c1-9(10-2-4-11(14)5-3-10)15-6-7-18-8-12(13(19)20)16-17-18/h2-5,8-9,15H,6-7H2,1H3,(H,19,20). The third-order valence-corrected chi connectivity index (χ3v) is 2.92. The van der Waals surface area contributed by atoms with Crippen molar-refractivity contribution in [2.24, 2.45) is 0 Å². The van der Waals surface area contributed by atoms with Crippen LogP contribution in [0.1, 0.15) is 29.0 Å². The third-order valence-electron chi connectivity index (χ3n) is 2.92. The predicted octanol–water partition coefficient (Wildman–Crippen LogP) is 1.47. The maximum atomic E-state index is 12.8. The molecule has 0 spiro atoms. The Bertz CT molecular complexity index is 582. The van der Waals surface area contributed by atoms with Gasteiger partial charge in [0.05, 0.1) is 12.7 Å². The predicted molar refractivity (Wildman–Crippen MR) is 69.8 cm³/mol. The van der Waals surface area contributed by atoms with E-state index in [2.05, 4.69) is 15.6 Å². The van der Waals surface area contributed by atoms with Crippen molar-refractivity contribution in [2.45, 2.75) is 19.5 Å². The van der Waals surface area contributed by atoms with Crippen LogP contribution in [-0.4, -0.2) is 32.6 Å². The van der Waals surface area contributed by atoms with E-state index in [1.807, 2.05) is 6.92 Å². The molecule has 2 rings (SSSR count). The van der Waals surface area contributed by atoms with Crippen molar-refractivity contribution >= 4 is 5.97 Å². The Morgan fingerprint density at radius 3 is 2.75 bits per heavy atom. The minimum absolute atomic E-state index is 0.0677. The number of nitrogens with zero attached hydrogens (tertiary/aromatic N) is 3. The fraction of sp³-hybridized carbons (Fsp3) is 0.308. The van der Waals surface area contributed by atoms with Gasteiger partial charge in [-0.3, -0.25) is 4.68 Å². The van der Waals surface area contributed by atoms with E-state index in [0.717, 1.165) is 5.56 Å². The van der Waals surface area contributed by atoms with Gasteiger partial charge in [-0.1, -0.05) is 17.3 Å². The first kappa shape index (κ1) is 14.1. The van der Waals surface area contributed by atoms with E-state index in [4.69, 9.17) is 5.11 Å². The molecule has 0 fully saturated rings. The number of nitrogens with one attached hydrogen (secondary N) is 1. The van der Waals surface area contributed by atoms with Crippen LogP contribution in [0.15, 0.2) is 30.5 Å². The molecule has 0 radical (unpaired) electrons. The van der Waals surface area contributed by atoms with Gasteiger partial charge in [-0.2, -0.15) is 0 Å². The van der Waals surface area contributed by atoms with E-state index < -0.39 is 5.97 Å². The lowest BCUT2D eigenvalue weighted by molar-refractivity contribution is 0.0690. The molecule has 0 aliphatic carbocycles. The van der Waals surface area contributed by atoms with Crippen molar-refractivity contribution in [3.63, 3.8) is 0 Å². The molecule has 1 aromatic heterocycles. The minimum atomic E-state index is -1.09. The van der Waals surface area contributed by atoms with Crippen LogP contribution >= 0.6 is 0 Å². The summed E-state index contributed by atoms with van der Waals surface area (Å²) in [6.07, 6.45) is 1.38. The molecule has 6 nitrogen and oxygen atoms in total. The lowest BCUT2D eigenvalue weighted by Gasteiger charge is -2.13. The van der Waals surface area contributed by atoms with Crippen LogP contribution in [0.2, 0.25) is 0 Å². The summed E-state index contributed by atoms with van der Waals surface area (Å²) in [5, 5.41) is 19.2. The average Bonchev–Trinajstić information content (AvgIpc) is 2.88. The van der Waals surface area contributed by atoms with Gasteiger partial charge in [-0.15, -0.1) is 5.10 Å². The summed E-state index contributed by atoms with van der Waals surface area (Å²) < 4.78 is 14.3. The number of carboxylic acid groups (broad SMARTS) is 1. The van der Waals surface area contributed by atoms with E-state index in [0.29, 0.717) is 13.1 Å². The first-order valence-corrected chi connectivity index (χ1v) is 6.18. The number of hydrogen-bond acceptors (Lipinski definition) is 4. The summed E-state index contributed by atoms with van der Waals surface area (Å²) >= 11 is 0. The van der Waals surface area contributed by atoms with Crippen LogP contribution < -0.4 is 5.32 Å². The van der Waals surface area contributed by atoms with Gasteiger partial charge < -0.3 is 10.4 Å². The molecule has 1 heterocycles. The van der Waals surface area contributed by atoms with Crippen LogP contribution in [0, 0.1) is 5.82 Å². The van der Waals surface area contributed by atoms with Gasteiger partial charge in [0.25, 0.3) is 0 Å². The second-order valence-electron chi connectivity index (χ2n) is 4.40. The number of hydrogen-bond donors (Lipinski definition) is 2. The van der Waals surface area contributed by atoms with Crippen LogP contribution in [0.4, 0.5) is 4.39 Å². The minimum Gasteiger partial charge on any atom is -0.476 e. The maximum absolute atomic E-state index is 12.8. The molecule has 2 aromatic rings. The summed E-state index contributed by atoms with van der Waals surface area (Å²) in [6, 6.07) is 6.36. The largest absolute Gasteiger partial charge is 0.476 e. The zero-order chi connectivity index (χ0) is 14.5. The second kappa shape index (κ2) is 6.25. The van der Waals surface area contributed by atoms with E-state index >= 15 is 0 Å². The van der Waals surface area contributed by atoms with Gasteiger partial charge in [0.2, 0.25) is 0 Å². The summed E-state index contributed by atoms with van der Waals surface area (Å²) in [4.78, 5) is 10.6. The van der Waals surface area contributed by atoms with E-state index in [9.17, 15) is 9.18 Å². The van der Waals surface area contributed by atoms with Crippen LogP contribution in [0.25, 0.3) is 0 Å². The Hall–Kier alpha value is -2.28. The van der Waals surface area contributed by atoms with Crippen molar-refractivity contribution in [3.8, 4) is 0 Å². The molecule has 0 bridgehead atoms. The van der Waals surface area contributed by atoms with Gasteiger partial charge in [-0.25, -0.2) is 9.18 Å². The van der Waals surface area contributed by atoms with Crippen molar-refractivity contribution in [2.75, 3.05) is 6.54 Å². The smallest absolute Gasteiger partial charge is 0.358 e. The average molecular weight is 278 g/mol. The van der Waals surface area contributed by atoms with Gasteiger partial charge in [0.15, 0.2) is 5.69 Å². The van der Waals surface area contributed by atoms with Crippen LogP contribution in [0.5, 0.6) is 0 Å². The quantitative estimate of drug-likeness (QED) is 0.836. The first-order valence-electron chi connectivity index (χ1n) is 6.18. The van der Waals surface area contributed by atoms with Crippen molar-refractivity contribution in [1.82, 2.24) is 20.3 Å². The zero-order valence-electron chi connectivity index (χ0n) is 11.0. The molecule has 0 saturated heterocycles. The Morgan fingerprint density at radius 1 is 1.45 bits per heavy atom. The fourth-order valence-electron chi connectivity index (χ4n) is 1.77. The molecule has 1 aromatic carbocycles. The number of benzene rings is 1. The Morgan fingerprint density at radius 2 is 2.15 bits per heavy atom. The van der Waals surface area contributed by atoms with E-state index in [1.54, 1.807) is 12.1 Å². The highest BCUT2D eigenvalue weighted by Crippen LogP contribution is 2.12. The first-order chi connectivity index (χ1) is 9.56. The van der Waals surface area contributed by atoms with Crippen molar-refractivity contribution in [1.29, 1.82) is 0 Å². The van der Waals surface area contributed by atoms with E-state index in [1.165, 1.54) is 23.0 Å². The highest BCUT2D eigenvalue weighted by atomic mass is 19.1. The van der Waals surface area contributed by atoms with Crippen LogP contribution in [-0.2, 0) is 6.54 Å². The molecule has 7 heteroatoms. The summed E-state index contributed by atoms with van der Waals surface area (Å²) in [7, 11) is 0. The van der Waals surface area contributed by atoms with E-state index in [-0.39, 0.29) is 17.6 Å². The number of aromatic carboxylic acids is 1. The lowest BCUT2D eigenvalue weighted by Crippen LogP contribution is -2.23. The lowest BCUT2D eigenvalue weighted by atomic mass is 10.1. The Balaban J connectivity index is 1.82. The Kier molecular flexibility index (Phi) is 4.41. The molecular formula is C13H15FN4O2. The van der Waals surface area contributed by atoms with Crippen molar-refractivity contribution in [3.05, 3.63) is 47.5 Å². The SMILES string of the molecule is CC(NCCn1cc(C(=O)O)nn1)c1ccc(F)cc1. The molecule has 2 N–H and O–H groups in total. The second-order valence-corrected chi connectivity index (χ2v) is 4.40. The van der Waals surface area contributed by atoms with Gasteiger partial charge in [0, 0.05) is 12.6 Å². The number of carbonyl (C=O) groups is 1.